The Hall–Kier alpha value is -3.55. The third-order valence-electron chi connectivity index (χ3n) is 3.04. The molecule has 8 nitrogen and oxygen atoms in total. The van der Waals surface area contributed by atoms with Gasteiger partial charge in [-0.05, 0) is 24.3 Å². The van der Waals surface area contributed by atoms with Crippen molar-refractivity contribution in [2.24, 2.45) is 5.73 Å². The lowest BCUT2D eigenvalue weighted by Gasteiger charge is -2.07. The second-order valence-corrected chi connectivity index (χ2v) is 4.61. The predicted molar refractivity (Wildman–Crippen MR) is 82.1 cm³/mol. The zero-order valence-electron chi connectivity index (χ0n) is 11.8. The predicted octanol–water partition coefficient (Wildman–Crippen LogP) is 2.47. The molecule has 0 spiro atoms. The molecule has 0 radical (unpaired) electrons. The van der Waals surface area contributed by atoms with Gasteiger partial charge in [0.25, 0.3) is 0 Å². The highest BCUT2D eigenvalue weighted by Gasteiger charge is 2.13. The van der Waals surface area contributed by atoms with Crippen molar-refractivity contribution in [2.45, 2.75) is 0 Å². The van der Waals surface area contributed by atoms with Gasteiger partial charge in [0.05, 0.1) is 5.52 Å². The number of nitrogen functional groups attached to an aromatic ring is 1. The number of ether oxygens (including phenoxy) is 2. The maximum atomic E-state index is 11.8. The Kier molecular flexibility index (Phi) is 3.55. The van der Waals surface area contributed by atoms with Crippen molar-refractivity contribution in [1.29, 1.82) is 0 Å². The lowest BCUT2D eigenvalue weighted by Crippen LogP contribution is -2.21. The molecule has 0 fully saturated rings. The van der Waals surface area contributed by atoms with Gasteiger partial charge in [-0.1, -0.05) is 0 Å². The molecule has 2 aromatic heterocycles. The first kappa shape index (κ1) is 14.4. The van der Waals surface area contributed by atoms with Gasteiger partial charge < -0.3 is 20.9 Å². The highest BCUT2D eigenvalue weighted by molar-refractivity contribution is 5.93. The summed E-state index contributed by atoms with van der Waals surface area (Å²) in [4.78, 5) is 26.4. The van der Waals surface area contributed by atoms with Crippen LogP contribution in [0.25, 0.3) is 10.9 Å². The average Bonchev–Trinajstić information content (AvgIpc) is 2.89. The number of pyridine rings is 1. The maximum Gasteiger partial charge on any atom is 0.427 e. The molecule has 1 aromatic carbocycles. The van der Waals surface area contributed by atoms with E-state index in [0.29, 0.717) is 22.8 Å². The smallest absolute Gasteiger partial charge is 0.427 e. The second kappa shape index (κ2) is 5.68. The molecular formula is C15H12N4O4. The van der Waals surface area contributed by atoms with Crippen LogP contribution >= 0.6 is 0 Å². The van der Waals surface area contributed by atoms with Gasteiger partial charge in [-0.15, -0.1) is 0 Å². The van der Waals surface area contributed by atoms with Crippen LogP contribution in [0, 0.1) is 0 Å². The summed E-state index contributed by atoms with van der Waals surface area (Å²) in [6.45, 7) is 0. The average molecular weight is 312 g/mol. The number of benzene rings is 1. The number of primary amides is 1. The Labute approximate surface area is 130 Å². The summed E-state index contributed by atoms with van der Waals surface area (Å²) in [6, 6.07) is 10.1. The van der Waals surface area contributed by atoms with Crippen LogP contribution in [0.1, 0.15) is 0 Å². The van der Waals surface area contributed by atoms with Crippen LogP contribution in [0.15, 0.2) is 48.8 Å². The van der Waals surface area contributed by atoms with Crippen LogP contribution < -0.4 is 16.2 Å². The standard InChI is InChI=1S/C15H12N4O4/c16-13-8-11(3-5-18-13)22-10-2-1-9-4-6-19(12(9)7-10)15(21)23-14(17)20/h1-8H,(H2,16,18)(H2,17,20). The van der Waals surface area contributed by atoms with E-state index in [-0.39, 0.29) is 0 Å². The van der Waals surface area contributed by atoms with E-state index >= 15 is 0 Å². The summed E-state index contributed by atoms with van der Waals surface area (Å²) in [5.74, 6) is 1.32. The zero-order chi connectivity index (χ0) is 16.4. The quantitative estimate of drug-likeness (QED) is 0.701. The van der Waals surface area contributed by atoms with E-state index < -0.39 is 12.2 Å². The molecule has 8 heteroatoms. The minimum Gasteiger partial charge on any atom is -0.457 e. The number of hydrogen-bond donors (Lipinski definition) is 2. The first-order valence-corrected chi connectivity index (χ1v) is 6.55. The molecule has 3 aromatic rings. The summed E-state index contributed by atoms with van der Waals surface area (Å²) in [7, 11) is 0. The Morgan fingerprint density at radius 1 is 1.09 bits per heavy atom. The molecule has 0 saturated heterocycles. The summed E-state index contributed by atoms with van der Waals surface area (Å²) in [5.41, 5.74) is 11.0. The molecular weight excluding hydrogens is 300 g/mol. The minimum atomic E-state index is -1.17. The number of anilines is 1. The third kappa shape index (κ3) is 3.05. The van der Waals surface area contributed by atoms with Crippen molar-refractivity contribution in [1.82, 2.24) is 9.55 Å². The van der Waals surface area contributed by atoms with Crippen molar-refractivity contribution in [2.75, 3.05) is 5.73 Å². The van der Waals surface area contributed by atoms with Gasteiger partial charge in [0, 0.05) is 29.9 Å². The number of nitrogens with two attached hydrogens (primary N) is 2. The van der Waals surface area contributed by atoms with Crippen molar-refractivity contribution >= 4 is 28.9 Å². The summed E-state index contributed by atoms with van der Waals surface area (Å²) in [6.07, 6.45) is 0.939. The van der Waals surface area contributed by atoms with Crippen LogP contribution in [0.2, 0.25) is 0 Å². The number of nitrogens with zero attached hydrogens (tertiary/aromatic N) is 2. The Morgan fingerprint density at radius 2 is 1.87 bits per heavy atom. The number of aromatic nitrogens is 2. The Balaban J connectivity index is 1.94. The molecule has 4 N–H and O–H groups in total. The SMILES string of the molecule is NC(=O)OC(=O)n1ccc2ccc(Oc3ccnc(N)c3)cc21. The monoisotopic (exact) mass is 312 g/mol. The fourth-order valence-corrected chi connectivity index (χ4v) is 2.09. The zero-order valence-corrected chi connectivity index (χ0v) is 11.8. The van der Waals surface area contributed by atoms with Crippen molar-refractivity contribution in [3.63, 3.8) is 0 Å². The highest BCUT2D eigenvalue weighted by Crippen LogP contribution is 2.27. The number of amides is 1. The van der Waals surface area contributed by atoms with Crippen LogP contribution in [-0.4, -0.2) is 21.7 Å². The van der Waals surface area contributed by atoms with Crippen LogP contribution in [-0.2, 0) is 4.74 Å². The normalized spacial score (nSPS) is 10.4. The van der Waals surface area contributed by atoms with Crippen LogP contribution in [0.3, 0.4) is 0 Å². The highest BCUT2D eigenvalue weighted by atomic mass is 16.6. The van der Waals surface area contributed by atoms with Crippen LogP contribution in [0.5, 0.6) is 11.5 Å². The van der Waals surface area contributed by atoms with E-state index in [1.54, 1.807) is 36.4 Å². The topological polar surface area (TPSA) is 122 Å². The van der Waals surface area contributed by atoms with Crippen molar-refractivity contribution < 1.29 is 19.1 Å². The molecule has 3 rings (SSSR count). The van der Waals surface area contributed by atoms with Gasteiger partial charge in [-0.25, -0.2) is 14.6 Å². The van der Waals surface area contributed by atoms with E-state index in [4.69, 9.17) is 16.2 Å². The van der Waals surface area contributed by atoms with E-state index in [2.05, 4.69) is 9.72 Å². The largest absolute Gasteiger partial charge is 0.457 e. The van der Waals surface area contributed by atoms with E-state index in [1.807, 2.05) is 0 Å². The van der Waals surface area contributed by atoms with Crippen LogP contribution in [0.4, 0.5) is 15.4 Å². The van der Waals surface area contributed by atoms with E-state index in [1.165, 1.54) is 12.4 Å². The Morgan fingerprint density at radius 3 is 2.61 bits per heavy atom. The second-order valence-electron chi connectivity index (χ2n) is 4.61. The maximum absolute atomic E-state index is 11.8. The molecule has 0 saturated carbocycles. The fraction of sp³-hybridized carbons (Fsp3) is 0. The summed E-state index contributed by atoms with van der Waals surface area (Å²) in [5, 5.41) is 0.771. The number of carbonyl (C=O) groups excluding carboxylic acids is 2. The van der Waals surface area contributed by atoms with Gasteiger partial charge in [0.15, 0.2) is 0 Å². The fourth-order valence-electron chi connectivity index (χ4n) is 2.09. The molecule has 23 heavy (non-hydrogen) atoms. The number of fused-ring (bicyclic) bond motifs is 1. The van der Waals surface area contributed by atoms with Crippen molar-refractivity contribution in [3.8, 4) is 11.5 Å². The van der Waals surface area contributed by atoms with Gasteiger partial charge in [-0.2, -0.15) is 0 Å². The molecule has 1 amide bonds. The molecule has 0 atom stereocenters. The lowest BCUT2D eigenvalue weighted by atomic mass is 10.2. The molecule has 0 aliphatic heterocycles. The Bertz CT molecular complexity index is 903. The summed E-state index contributed by atoms with van der Waals surface area (Å²) >= 11 is 0. The molecule has 116 valence electrons. The third-order valence-corrected chi connectivity index (χ3v) is 3.04. The molecule has 0 unspecified atom stereocenters. The van der Waals surface area contributed by atoms with Gasteiger partial charge in [0.1, 0.15) is 17.3 Å². The van der Waals surface area contributed by atoms with E-state index in [9.17, 15) is 9.59 Å². The van der Waals surface area contributed by atoms with E-state index in [0.717, 1.165) is 9.95 Å². The molecule has 0 bridgehead atoms. The lowest BCUT2D eigenvalue weighted by molar-refractivity contribution is 0.159. The van der Waals surface area contributed by atoms with Crippen molar-refractivity contribution in [3.05, 3.63) is 48.8 Å². The molecule has 0 aliphatic carbocycles. The molecule has 2 heterocycles. The first-order valence-electron chi connectivity index (χ1n) is 6.55. The number of rotatable bonds is 2. The van der Waals surface area contributed by atoms with Gasteiger partial charge in [0.2, 0.25) is 0 Å². The van der Waals surface area contributed by atoms with Gasteiger partial charge >= 0.3 is 12.2 Å². The number of hydrogen-bond acceptors (Lipinski definition) is 6. The summed E-state index contributed by atoms with van der Waals surface area (Å²) < 4.78 is 11.2. The van der Waals surface area contributed by atoms with Gasteiger partial charge in [-0.3, -0.25) is 4.57 Å². The number of carbonyl (C=O) groups is 2. The molecule has 0 aliphatic rings. The minimum absolute atomic E-state index is 0.331. The first-order chi connectivity index (χ1) is 11.0.